The third-order valence-electron chi connectivity index (χ3n) is 3.70. The van der Waals surface area contributed by atoms with Crippen LogP contribution in [0.1, 0.15) is 19.3 Å². The lowest BCUT2D eigenvalue weighted by Gasteiger charge is -2.35. The molecule has 1 heterocycles. The summed E-state index contributed by atoms with van der Waals surface area (Å²) in [5, 5.41) is 0.495. The van der Waals surface area contributed by atoms with Gasteiger partial charge in [-0.2, -0.15) is 0 Å². The van der Waals surface area contributed by atoms with Crippen LogP contribution in [0.4, 0.5) is 5.82 Å². The fourth-order valence-electron chi connectivity index (χ4n) is 2.26. The average Bonchev–Trinajstić information content (AvgIpc) is 2.37. The van der Waals surface area contributed by atoms with Crippen LogP contribution in [0.2, 0.25) is 5.15 Å². The Morgan fingerprint density at radius 3 is 2.53 bits per heavy atom. The molecule has 0 spiro atoms. The van der Waals surface area contributed by atoms with E-state index in [-0.39, 0.29) is 0 Å². The van der Waals surface area contributed by atoms with Gasteiger partial charge in [-0.15, -0.1) is 0 Å². The van der Waals surface area contributed by atoms with E-state index >= 15 is 0 Å². The molecule has 1 aromatic carbocycles. The Labute approximate surface area is 118 Å². The van der Waals surface area contributed by atoms with Crippen LogP contribution in [-0.4, -0.2) is 23.1 Å². The van der Waals surface area contributed by atoms with E-state index in [0.717, 1.165) is 11.4 Å². The molecule has 19 heavy (non-hydrogen) atoms. The number of benzene rings is 1. The molecule has 0 amide bonds. The lowest BCUT2D eigenvalue weighted by molar-refractivity contribution is 0.399. The highest BCUT2D eigenvalue weighted by Gasteiger charge is 2.23. The van der Waals surface area contributed by atoms with Gasteiger partial charge in [0.2, 0.25) is 0 Å². The van der Waals surface area contributed by atoms with Gasteiger partial charge in [0.05, 0.1) is 0 Å². The van der Waals surface area contributed by atoms with Crippen molar-refractivity contribution in [3.05, 3.63) is 41.6 Å². The molecule has 1 aromatic heterocycles. The SMILES string of the molecule is CN(c1cc(Cl)nc(-c2ccccc2)n1)C1CCC1. The third kappa shape index (κ3) is 2.56. The maximum Gasteiger partial charge on any atom is 0.163 e. The van der Waals surface area contributed by atoms with Crippen molar-refractivity contribution in [2.45, 2.75) is 25.3 Å². The first-order chi connectivity index (χ1) is 9.24. The Kier molecular flexibility index (Phi) is 3.38. The molecule has 98 valence electrons. The number of nitrogens with zero attached hydrogens (tertiary/aromatic N) is 3. The summed E-state index contributed by atoms with van der Waals surface area (Å²) in [6.07, 6.45) is 3.77. The lowest BCUT2D eigenvalue weighted by atomic mass is 9.92. The van der Waals surface area contributed by atoms with Crippen LogP contribution in [0, 0.1) is 0 Å². The maximum absolute atomic E-state index is 6.13. The smallest absolute Gasteiger partial charge is 0.163 e. The van der Waals surface area contributed by atoms with Crippen molar-refractivity contribution >= 4 is 17.4 Å². The molecule has 3 nitrogen and oxygen atoms in total. The number of anilines is 1. The second-order valence-corrected chi connectivity index (χ2v) is 5.32. The van der Waals surface area contributed by atoms with Crippen molar-refractivity contribution in [2.24, 2.45) is 0 Å². The highest BCUT2D eigenvalue weighted by Crippen LogP contribution is 2.29. The summed E-state index contributed by atoms with van der Waals surface area (Å²) in [5.74, 6) is 1.60. The van der Waals surface area contributed by atoms with Crippen LogP contribution in [0.15, 0.2) is 36.4 Å². The summed E-state index contributed by atoms with van der Waals surface area (Å²) in [6, 6.07) is 12.4. The van der Waals surface area contributed by atoms with Crippen LogP contribution in [0.5, 0.6) is 0 Å². The Morgan fingerprint density at radius 1 is 1.16 bits per heavy atom. The predicted octanol–water partition coefficient (Wildman–Crippen LogP) is 3.79. The third-order valence-corrected chi connectivity index (χ3v) is 3.89. The van der Waals surface area contributed by atoms with Gasteiger partial charge >= 0.3 is 0 Å². The van der Waals surface area contributed by atoms with E-state index in [9.17, 15) is 0 Å². The van der Waals surface area contributed by atoms with Gasteiger partial charge in [0.25, 0.3) is 0 Å². The van der Waals surface area contributed by atoms with Gasteiger partial charge < -0.3 is 4.90 Å². The Bertz CT molecular complexity index is 567. The van der Waals surface area contributed by atoms with Crippen LogP contribution < -0.4 is 4.90 Å². The summed E-state index contributed by atoms with van der Waals surface area (Å²) in [4.78, 5) is 11.2. The molecule has 0 saturated heterocycles. The first-order valence-corrected chi connectivity index (χ1v) is 6.94. The van der Waals surface area contributed by atoms with E-state index in [4.69, 9.17) is 11.6 Å². The topological polar surface area (TPSA) is 29.0 Å². The van der Waals surface area contributed by atoms with E-state index < -0.39 is 0 Å². The van der Waals surface area contributed by atoms with Gasteiger partial charge in [0, 0.05) is 24.7 Å². The van der Waals surface area contributed by atoms with Crippen LogP contribution >= 0.6 is 11.6 Å². The van der Waals surface area contributed by atoms with E-state index in [1.807, 2.05) is 36.4 Å². The average molecular weight is 274 g/mol. The standard InChI is InChI=1S/C15H16ClN3/c1-19(12-8-5-9-12)14-10-13(16)17-15(18-14)11-6-3-2-4-7-11/h2-4,6-7,10,12H,5,8-9H2,1H3. The molecule has 2 aromatic rings. The first kappa shape index (κ1) is 12.4. The van der Waals surface area contributed by atoms with Crippen molar-refractivity contribution in [3.63, 3.8) is 0 Å². The zero-order valence-electron chi connectivity index (χ0n) is 10.9. The van der Waals surface area contributed by atoms with Crippen molar-refractivity contribution in [1.82, 2.24) is 9.97 Å². The molecule has 1 aliphatic rings. The Morgan fingerprint density at radius 2 is 1.89 bits per heavy atom. The van der Waals surface area contributed by atoms with Crippen molar-refractivity contribution in [3.8, 4) is 11.4 Å². The number of halogens is 1. The second kappa shape index (κ2) is 5.17. The summed E-state index contributed by atoms with van der Waals surface area (Å²) in [5.41, 5.74) is 0.994. The number of hydrogen-bond donors (Lipinski definition) is 0. The van der Waals surface area contributed by atoms with Gasteiger partial charge in [0.15, 0.2) is 5.82 Å². The predicted molar refractivity (Wildman–Crippen MR) is 78.5 cm³/mol. The zero-order chi connectivity index (χ0) is 13.2. The van der Waals surface area contributed by atoms with Gasteiger partial charge in [0.1, 0.15) is 11.0 Å². The normalized spacial score (nSPS) is 15.1. The number of aromatic nitrogens is 2. The van der Waals surface area contributed by atoms with E-state index in [1.165, 1.54) is 19.3 Å². The fourth-order valence-corrected chi connectivity index (χ4v) is 2.44. The van der Waals surface area contributed by atoms with Crippen LogP contribution in [-0.2, 0) is 0 Å². The van der Waals surface area contributed by atoms with E-state index in [2.05, 4.69) is 21.9 Å². The monoisotopic (exact) mass is 273 g/mol. The largest absolute Gasteiger partial charge is 0.357 e. The number of rotatable bonds is 3. The molecule has 0 unspecified atom stereocenters. The van der Waals surface area contributed by atoms with Crippen LogP contribution in [0.3, 0.4) is 0 Å². The lowest BCUT2D eigenvalue weighted by Crippen LogP contribution is -2.37. The zero-order valence-corrected chi connectivity index (χ0v) is 11.6. The summed E-state index contributed by atoms with van der Waals surface area (Å²) in [7, 11) is 2.08. The molecule has 1 fully saturated rings. The maximum atomic E-state index is 6.13. The van der Waals surface area contributed by atoms with Crippen molar-refractivity contribution < 1.29 is 0 Å². The molecular formula is C15H16ClN3. The van der Waals surface area contributed by atoms with Gasteiger partial charge in [-0.1, -0.05) is 41.9 Å². The molecule has 0 radical (unpaired) electrons. The molecule has 0 N–H and O–H groups in total. The highest BCUT2D eigenvalue weighted by atomic mass is 35.5. The minimum Gasteiger partial charge on any atom is -0.357 e. The molecule has 0 aliphatic heterocycles. The van der Waals surface area contributed by atoms with Crippen LogP contribution in [0.25, 0.3) is 11.4 Å². The molecule has 0 atom stereocenters. The molecule has 1 aliphatic carbocycles. The van der Waals surface area contributed by atoms with Crippen molar-refractivity contribution in [1.29, 1.82) is 0 Å². The van der Waals surface area contributed by atoms with E-state index in [0.29, 0.717) is 17.0 Å². The fraction of sp³-hybridized carbons (Fsp3) is 0.333. The quantitative estimate of drug-likeness (QED) is 0.797. The molecule has 0 bridgehead atoms. The van der Waals surface area contributed by atoms with E-state index in [1.54, 1.807) is 0 Å². The minimum atomic E-state index is 0.495. The van der Waals surface area contributed by atoms with Gasteiger partial charge in [-0.3, -0.25) is 0 Å². The highest BCUT2D eigenvalue weighted by molar-refractivity contribution is 6.29. The summed E-state index contributed by atoms with van der Waals surface area (Å²) >= 11 is 6.13. The molecular weight excluding hydrogens is 258 g/mol. The van der Waals surface area contributed by atoms with Crippen molar-refractivity contribution in [2.75, 3.05) is 11.9 Å². The molecule has 1 saturated carbocycles. The van der Waals surface area contributed by atoms with Gasteiger partial charge in [-0.25, -0.2) is 9.97 Å². The Balaban J connectivity index is 1.96. The molecule has 3 rings (SSSR count). The first-order valence-electron chi connectivity index (χ1n) is 6.57. The Hall–Kier alpha value is -1.61. The molecule has 4 heteroatoms. The number of hydrogen-bond acceptors (Lipinski definition) is 3. The minimum absolute atomic E-state index is 0.495. The van der Waals surface area contributed by atoms with Gasteiger partial charge in [-0.05, 0) is 19.3 Å². The summed E-state index contributed by atoms with van der Waals surface area (Å²) in [6.45, 7) is 0. The second-order valence-electron chi connectivity index (χ2n) is 4.93. The summed E-state index contributed by atoms with van der Waals surface area (Å²) < 4.78 is 0.